The Morgan fingerprint density at radius 1 is 0.583 bits per heavy atom. The van der Waals surface area contributed by atoms with Gasteiger partial charge in [-0.3, -0.25) is 4.57 Å². The molecule has 170 valence electrons. The summed E-state index contributed by atoms with van der Waals surface area (Å²) in [6.45, 7) is 0. The minimum atomic E-state index is 0.848. The summed E-state index contributed by atoms with van der Waals surface area (Å²) in [5.74, 6) is 0.935. The highest BCUT2D eigenvalue weighted by atomic mass is 15.1. The molecule has 0 saturated carbocycles. The van der Waals surface area contributed by atoms with Gasteiger partial charge in [0.05, 0.1) is 22.2 Å². The van der Waals surface area contributed by atoms with E-state index in [1.165, 1.54) is 32.9 Å². The number of nitrogens with zero attached hydrogens (tertiary/aromatic N) is 3. The monoisotopic (exact) mass is 461 g/mol. The maximum atomic E-state index is 4.89. The van der Waals surface area contributed by atoms with Crippen molar-refractivity contribution in [3.05, 3.63) is 139 Å². The molecule has 7 rings (SSSR count). The summed E-state index contributed by atoms with van der Waals surface area (Å²) in [5.41, 5.74) is 8.05. The summed E-state index contributed by atoms with van der Waals surface area (Å²) in [6.07, 6.45) is 2.70. The van der Waals surface area contributed by atoms with Crippen molar-refractivity contribution in [1.29, 1.82) is 0 Å². The van der Waals surface area contributed by atoms with Crippen LogP contribution < -0.4 is 0 Å². The molecule has 3 aromatic heterocycles. The van der Waals surface area contributed by atoms with E-state index in [9.17, 15) is 0 Å². The van der Waals surface area contributed by atoms with E-state index >= 15 is 0 Å². The smallest absolute Gasteiger partial charge is 0.137 e. The van der Waals surface area contributed by atoms with E-state index in [0.29, 0.717) is 0 Å². The highest BCUT2D eigenvalue weighted by molar-refractivity contribution is 6.09. The number of hydrogen-bond acceptors (Lipinski definition) is 2. The van der Waals surface area contributed by atoms with Gasteiger partial charge in [0.2, 0.25) is 0 Å². The average molecular weight is 462 g/mol. The normalized spacial score (nSPS) is 11.4. The van der Waals surface area contributed by atoms with E-state index in [4.69, 9.17) is 4.98 Å². The molecule has 3 nitrogen and oxygen atoms in total. The second kappa shape index (κ2) is 8.47. The van der Waals surface area contributed by atoms with E-state index in [1.54, 1.807) is 0 Å². The summed E-state index contributed by atoms with van der Waals surface area (Å²) >= 11 is 0. The van der Waals surface area contributed by atoms with Gasteiger partial charge in [-0.25, -0.2) is 9.97 Å². The van der Waals surface area contributed by atoms with Crippen LogP contribution in [0.3, 0.4) is 0 Å². The van der Waals surface area contributed by atoms with Gasteiger partial charge in [-0.15, -0.1) is 0 Å². The second-order valence-electron chi connectivity index (χ2n) is 9.16. The second-order valence-corrected chi connectivity index (χ2v) is 9.16. The Bertz CT molecular complexity index is 1870. The molecule has 0 amide bonds. The molecule has 0 atom stereocenters. The lowest BCUT2D eigenvalue weighted by Crippen LogP contribution is -1.97. The van der Waals surface area contributed by atoms with Crippen LogP contribution in [-0.2, 0) is 6.42 Å². The molecule has 4 aromatic carbocycles. The van der Waals surface area contributed by atoms with Crippen LogP contribution in [0, 0.1) is 0 Å². The number of pyridine rings is 2. The first kappa shape index (κ1) is 20.6. The third kappa shape index (κ3) is 3.53. The number of aromatic nitrogens is 3. The Morgan fingerprint density at radius 3 is 2.36 bits per heavy atom. The molecule has 0 bridgehead atoms. The highest BCUT2D eigenvalue weighted by Crippen LogP contribution is 2.32. The number of para-hydroxylation sites is 2. The fourth-order valence-electron chi connectivity index (χ4n) is 5.16. The standard InChI is InChI=1S/C33H23N3/c1-3-12-29-25(9-1)16-18-30(35-29)26-10-7-8-23(21-26)20-24-15-17-28-27-11-2-4-13-31(27)36(32(28)22-24)33-14-5-6-19-34-33/h1-19,21-22H,20H2. The van der Waals surface area contributed by atoms with Crippen LogP contribution in [0.15, 0.2) is 128 Å². The first-order valence-corrected chi connectivity index (χ1v) is 12.2. The minimum absolute atomic E-state index is 0.848. The van der Waals surface area contributed by atoms with E-state index in [0.717, 1.165) is 34.4 Å². The Kier molecular flexibility index (Phi) is 4.85. The van der Waals surface area contributed by atoms with Crippen molar-refractivity contribution in [1.82, 2.24) is 14.5 Å². The van der Waals surface area contributed by atoms with Crippen molar-refractivity contribution in [2.75, 3.05) is 0 Å². The predicted molar refractivity (Wildman–Crippen MR) is 149 cm³/mol. The van der Waals surface area contributed by atoms with Gasteiger partial charge >= 0.3 is 0 Å². The average Bonchev–Trinajstić information content (AvgIpc) is 3.27. The molecule has 0 N–H and O–H groups in total. The Morgan fingerprint density at radius 2 is 1.42 bits per heavy atom. The quantitative estimate of drug-likeness (QED) is 0.266. The van der Waals surface area contributed by atoms with Crippen LogP contribution in [0.2, 0.25) is 0 Å². The fraction of sp³-hybridized carbons (Fsp3) is 0.0303. The zero-order valence-corrected chi connectivity index (χ0v) is 19.7. The van der Waals surface area contributed by atoms with Crippen molar-refractivity contribution in [2.24, 2.45) is 0 Å². The van der Waals surface area contributed by atoms with Crippen LogP contribution in [0.4, 0.5) is 0 Å². The summed E-state index contributed by atoms with van der Waals surface area (Å²) in [7, 11) is 0. The number of rotatable bonds is 4. The highest BCUT2D eigenvalue weighted by Gasteiger charge is 2.13. The van der Waals surface area contributed by atoms with Gasteiger partial charge in [-0.1, -0.05) is 78.9 Å². The van der Waals surface area contributed by atoms with Crippen molar-refractivity contribution in [2.45, 2.75) is 6.42 Å². The summed E-state index contributed by atoms with van der Waals surface area (Å²) in [5, 5.41) is 3.65. The molecule has 0 spiro atoms. The third-order valence-electron chi connectivity index (χ3n) is 6.85. The van der Waals surface area contributed by atoms with Crippen LogP contribution in [0.5, 0.6) is 0 Å². The first-order valence-electron chi connectivity index (χ1n) is 12.2. The molecule has 3 heterocycles. The zero-order valence-electron chi connectivity index (χ0n) is 19.7. The van der Waals surface area contributed by atoms with Crippen molar-refractivity contribution in [3.8, 4) is 17.1 Å². The Labute approximate surface area is 209 Å². The molecule has 0 aliphatic heterocycles. The molecule has 0 saturated heterocycles. The molecule has 0 aliphatic carbocycles. The van der Waals surface area contributed by atoms with Crippen molar-refractivity contribution < 1.29 is 0 Å². The molecule has 0 fully saturated rings. The minimum Gasteiger partial charge on any atom is -0.294 e. The van der Waals surface area contributed by atoms with Crippen LogP contribution in [-0.4, -0.2) is 14.5 Å². The maximum absolute atomic E-state index is 4.89. The molecular formula is C33H23N3. The van der Waals surface area contributed by atoms with Crippen LogP contribution in [0.1, 0.15) is 11.1 Å². The van der Waals surface area contributed by atoms with Gasteiger partial charge in [0.15, 0.2) is 0 Å². The van der Waals surface area contributed by atoms with E-state index in [1.807, 2.05) is 24.4 Å². The van der Waals surface area contributed by atoms with Gasteiger partial charge in [-0.2, -0.15) is 0 Å². The van der Waals surface area contributed by atoms with Crippen LogP contribution >= 0.6 is 0 Å². The molecule has 3 heteroatoms. The van der Waals surface area contributed by atoms with Gasteiger partial charge < -0.3 is 0 Å². The lowest BCUT2D eigenvalue weighted by Gasteiger charge is -2.09. The van der Waals surface area contributed by atoms with E-state index < -0.39 is 0 Å². The topological polar surface area (TPSA) is 30.7 Å². The maximum Gasteiger partial charge on any atom is 0.137 e. The van der Waals surface area contributed by atoms with Crippen LogP contribution in [0.25, 0.3) is 49.8 Å². The first-order chi connectivity index (χ1) is 17.8. The molecule has 36 heavy (non-hydrogen) atoms. The fourth-order valence-corrected chi connectivity index (χ4v) is 5.16. The molecular weight excluding hydrogens is 438 g/mol. The van der Waals surface area contributed by atoms with Gasteiger partial charge in [0.25, 0.3) is 0 Å². The number of benzene rings is 4. The number of fused-ring (bicyclic) bond motifs is 4. The molecule has 0 aliphatic rings. The number of hydrogen-bond donors (Lipinski definition) is 0. The lowest BCUT2D eigenvalue weighted by molar-refractivity contribution is 1.08. The molecule has 7 aromatic rings. The summed E-state index contributed by atoms with van der Waals surface area (Å²) in [6, 6.07) is 42.7. The molecule has 0 unspecified atom stereocenters. The van der Waals surface area contributed by atoms with Gasteiger partial charge in [-0.05, 0) is 60.0 Å². The predicted octanol–water partition coefficient (Wildman–Crippen LogP) is 7.98. The van der Waals surface area contributed by atoms with E-state index in [-0.39, 0.29) is 0 Å². The molecule has 0 radical (unpaired) electrons. The Hall–Kier alpha value is -4.76. The summed E-state index contributed by atoms with van der Waals surface area (Å²) < 4.78 is 2.27. The van der Waals surface area contributed by atoms with E-state index in [2.05, 4.69) is 113 Å². The third-order valence-corrected chi connectivity index (χ3v) is 6.85. The SMILES string of the molecule is c1ccc(-n2c3ccccc3c3ccc(Cc4cccc(-c5ccc6ccccc6n5)c4)cc32)nc1. The van der Waals surface area contributed by atoms with Crippen molar-refractivity contribution in [3.63, 3.8) is 0 Å². The Balaban J connectivity index is 1.30. The lowest BCUT2D eigenvalue weighted by atomic mass is 10.00. The van der Waals surface area contributed by atoms with Gasteiger partial charge in [0, 0.05) is 27.9 Å². The zero-order chi connectivity index (χ0) is 23.9. The van der Waals surface area contributed by atoms with Gasteiger partial charge in [0.1, 0.15) is 5.82 Å². The largest absolute Gasteiger partial charge is 0.294 e. The summed E-state index contributed by atoms with van der Waals surface area (Å²) in [4.78, 5) is 9.55. The van der Waals surface area contributed by atoms with Crippen molar-refractivity contribution >= 4 is 32.7 Å².